The number of aromatic nitrogens is 4. The van der Waals surface area contributed by atoms with E-state index in [-0.39, 0.29) is 10.8 Å². The maximum Gasteiger partial charge on any atom is 0.164 e. The van der Waals surface area contributed by atoms with Gasteiger partial charge in [0, 0.05) is 38.5 Å². The van der Waals surface area contributed by atoms with Crippen LogP contribution < -0.4 is 0 Å². The van der Waals surface area contributed by atoms with E-state index in [4.69, 9.17) is 15.0 Å². The van der Waals surface area contributed by atoms with E-state index in [0.29, 0.717) is 17.5 Å². The molecule has 11 aromatic rings. The molecule has 0 saturated heterocycles. The summed E-state index contributed by atoms with van der Waals surface area (Å²) in [7, 11) is 0. The first-order valence-corrected chi connectivity index (χ1v) is 22.1. The maximum atomic E-state index is 5.23. The van der Waals surface area contributed by atoms with Crippen LogP contribution in [0.4, 0.5) is 0 Å². The highest BCUT2D eigenvalue weighted by Crippen LogP contribution is 2.49. The molecule has 2 heterocycles. The minimum absolute atomic E-state index is 0.0840. The summed E-state index contributed by atoms with van der Waals surface area (Å²) in [4.78, 5) is 15.6. The second-order valence-electron chi connectivity index (χ2n) is 18.7. The molecule has 0 saturated carbocycles. The molecule has 0 fully saturated rings. The van der Waals surface area contributed by atoms with Crippen molar-refractivity contribution in [2.24, 2.45) is 0 Å². The smallest absolute Gasteiger partial charge is 0.164 e. The number of benzene rings is 9. The van der Waals surface area contributed by atoms with Gasteiger partial charge in [-0.2, -0.15) is 0 Å². The van der Waals surface area contributed by atoms with Crippen LogP contribution in [0, 0.1) is 0 Å². The van der Waals surface area contributed by atoms with Gasteiger partial charge < -0.3 is 4.57 Å². The monoisotopic (exact) mass is 810 g/mol. The Balaban J connectivity index is 1.02. The Kier molecular flexibility index (Phi) is 8.33. The third-order valence-electron chi connectivity index (χ3n) is 13.9. The van der Waals surface area contributed by atoms with E-state index >= 15 is 0 Å². The molecule has 0 bridgehead atoms. The third kappa shape index (κ3) is 6.07. The second kappa shape index (κ2) is 14.1. The zero-order valence-corrected chi connectivity index (χ0v) is 36.0. The van der Waals surface area contributed by atoms with E-state index in [1.165, 1.54) is 72.9 Å². The summed E-state index contributed by atoms with van der Waals surface area (Å²) in [6.45, 7) is 9.66. The van der Waals surface area contributed by atoms with Crippen molar-refractivity contribution in [3.05, 3.63) is 193 Å². The van der Waals surface area contributed by atoms with Crippen LogP contribution in [0.25, 0.3) is 105 Å². The van der Waals surface area contributed by atoms with Gasteiger partial charge in [0.1, 0.15) is 0 Å². The van der Waals surface area contributed by atoms with Crippen LogP contribution in [-0.4, -0.2) is 19.5 Å². The molecule has 302 valence electrons. The van der Waals surface area contributed by atoms with E-state index < -0.39 is 0 Å². The third-order valence-corrected chi connectivity index (χ3v) is 13.9. The van der Waals surface area contributed by atoms with Crippen molar-refractivity contribution in [3.8, 4) is 51.0 Å². The van der Waals surface area contributed by atoms with Gasteiger partial charge in [0.15, 0.2) is 17.5 Å². The van der Waals surface area contributed by atoms with Crippen molar-refractivity contribution in [2.75, 3.05) is 0 Å². The van der Waals surface area contributed by atoms with E-state index in [9.17, 15) is 0 Å². The van der Waals surface area contributed by atoms with Gasteiger partial charge >= 0.3 is 0 Å². The van der Waals surface area contributed by atoms with E-state index in [1.54, 1.807) is 0 Å². The molecule has 0 aliphatic heterocycles. The van der Waals surface area contributed by atoms with Crippen LogP contribution in [-0.2, 0) is 10.8 Å². The van der Waals surface area contributed by atoms with E-state index in [0.717, 1.165) is 38.7 Å². The number of fused-ring (bicyclic) bond motifs is 8. The zero-order valence-electron chi connectivity index (χ0n) is 36.0. The summed E-state index contributed by atoms with van der Waals surface area (Å²) < 4.78 is 2.49. The number of nitrogens with zero attached hydrogens (tertiary/aromatic N) is 4. The van der Waals surface area contributed by atoms with Gasteiger partial charge in [0.05, 0.1) is 11.0 Å². The van der Waals surface area contributed by atoms with Crippen LogP contribution in [0.1, 0.15) is 51.7 Å². The van der Waals surface area contributed by atoms with Gasteiger partial charge in [-0.3, -0.25) is 0 Å². The van der Waals surface area contributed by atoms with Crippen molar-refractivity contribution in [1.29, 1.82) is 0 Å². The zero-order chi connectivity index (χ0) is 42.5. The summed E-state index contributed by atoms with van der Waals surface area (Å²) in [5.74, 6) is 1.93. The average molecular weight is 811 g/mol. The van der Waals surface area contributed by atoms with Crippen LogP contribution in [0.15, 0.2) is 182 Å². The van der Waals surface area contributed by atoms with Crippen molar-refractivity contribution in [3.63, 3.8) is 0 Å². The molecule has 0 radical (unpaired) electrons. The molecule has 12 rings (SSSR count). The molecule has 1 aliphatic rings. The molecular formula is C59H46N4. The first-order valence-electron chi connectivity index (χ1n) is 22.1. The van der Waals surface area contributed by atoms with Crippen molar-refractivity contribution in [2.45, 2.75) is 51.4 Å². The molecule has 4 nitrogen and oxygen atoms in total. The van der Waals surface area contributed by atoms with Crippen LogP contribution in [0.3, 0.4) is 0 Å². The number of hydrogen-bond donors (Lipinski definition) is 0. The predicted molar refractivity (Wildman–Crippen MR) is 264 cm³/mol. The second-order valence-corrected chi connectivity index (χ2v) is 18.7. The molecule has 0 atom stereocenters. The fourth-order valence-electron chi connectivity index (χ4n) is 10.3. The van der Waals surface area contributed by atoms with Gasteiger partial charge in [0.25, 0.3) is 0 Å². The molecule has 4 heteroatoms. The average Bonchev–Trinajstić information content (AvgIpc) is 3.66. The molecular weight excluding hydrogens is 765 g/mol. The lowest BCUT2D eigenvalue weighted by Gasteiger charge is -2.42. The molecule has 2 aromatic heterocycles. The first kappa shape index (κ1) is 37.3. The Morgan fingerprint density at radius 1 is 0.381 bits per heavy atom. The highest BCUT2D eigenvalue weighted by atomic mass is 15.0. The summed E-state index contributed by atoms with van der Waals surface area (Å²) in [6, 6.07) is 65.7. The summed E-state index contributed by atoms with van der Waals surface area (Å²) in [5, 5.41) is 9.79. The van der Waals surface area contributed by atoms with Crippen molar-refractivity contribution < 1.29 is 0 Å². The number of rotatable bonds is 5. The lowest BCUT2D eigenvalue weighted by Crippen LogP contribution is -2.33. The Hall–Kier alpha value is -7.43. The lowest BCUT2D eigenvalue weighted by atomic mass is 9.63. The molecule has 1 aliphatic carbocycles. The maximum absolute atomic E-state index is 5.23. The van der Waals surface area contributed by atoms with Crippen LogP contribution >= 0.6 is 0 Å². The van der Waals surface area contributed by atoms with Crippen LogP contribution in [0.5, 0.6) is 0 Å². The standard InChI is InChI=1S/C59H46N4/c1-58(2)33-34-59(3,4)52-36-53-50(35-51(52)58)48-32-29-39-15-7-10-20-47(39)54(48)63(53)43-30-27-42(28-31-43)56-60-55(61-57(62-56)49-22-12-17-38-14-6-9-19-46(38)49)41-25-23-40(24-26-41)45-21-11-16-37-13-5-8-18-44(37)45/h5-32,35-36H,33-34H2,1-4H3. The van der Waals surface area contributed by atoms with E-state index in [1.807, 2.05) is 0 Å². The highest BCUT2D eigenvalue weighted by Gasteiger charge is 2.38. The molecule has 0 spiro atoms. The Bertz CT molecular complexity index is 3600. The quantitative estimate of drug-likeness (QED) is 0.174. The minimum Gasteiger partial charge on any atom is -0.309 e. The largest absolute Gasteiger partial charge is 0.309 e. The summed E-state index contributed by atoms with van der Waals surface area (Å²) in [5.41, 5.74) is 11.9. The topological polar surface area (TPSA) is 43.6 Å². The van der Waals surface area contributed by atoms with Crippen molar-refractivity contribution in [1.82, 2.24) is 19.5 Å². The van der Waals surface area contributed by atoms with Gasteiger partial charge in [-0.15, -0.1) is 0 Å². The molecule has 0 amide bonds. The normalized spacial score (nSPS) is 14.5. The lowest BCUT2D eigenvalue weighted by molar-refractivity contribution is 0.332. The van der Waals surface area contributed by atoms with Crippen LogP contribution in [0.2, 0.25) is 0 Å². The summed E-state index contributed by atoms with van der Waals surface area (Å²) in [6.07, 6.45) is 2.35. The Labute approximate surface area is 367 Å². The van der Waals surface area contributed by atoms with Gasteiger partial charge in [-0.1, -0.05) is 173 Å². The fourth-order valence-corrected chi connectivity index (χ4v) is 10.3. The molecule has 0 N–H and O–H groups in total. The Morgan fingerprint density at radius 2 is 0.857 bits per heavy atom. The van der Waals surface area contributed by atoms with Gasteiger partial charge in [0.2, 0.25) is 0 Å². The Morgan fingerprint density at radius 3 is 1.49 bits per heavy atom. The van der Waals surface area contributed by atoms with Gasteiger partial charge in [-0.05, 0) is 109 Å². The molecule has 63 heavy (non-hydrogen) atoms. The molecule has 0 unspecified atom stereocenters. The minimum atomic E-state index is 0.0840. The SMILES string of the molecule is CC1(C)CCC(C)(C)c2cc3c(cc21)c1ccc2ccccc2c1n3-c1ccc(-c2nc(-c3ccc(-c4cccc5ccccc45)cc3)nc(-c3cccc4ccccc34)n2)cc1. The predicted octanol–water partition coefficient (Wildman–Crippen LogP) is 15.4. The van der Waals surface area contributed by atoms with Gasteiger partial charge in [-0.25, -0.2) is 15.0 Å². The summed E-state index contributed by atoms with van der Waals surface area (Å²) >= 11 is 0. The first-order chi connectivity index (χ1) is 30.7. The number of hydrogen-bond acceptors (Lipinski definition) is 3. The highest BCUT2D eigenvalue weighted by molar-refractivity contribution is 6.19. The molecule has 9 aromatic carbocycles. The van der Waals surface area contributed by atoms with Crippen molar-refractivity contribution >= 4 is 54.1 Å². The fraction of sp³-hybridized carbons (Fsp3) is 0.136. The van der Waals surface area contributed by atoms with E-state index in [2.05, 4.69) is 214 Å².